The number of hydrogen-bond donors (Lipinski definition) is 2. The van der Waals surface area contributed by atoms with Gasteiger partial charge in [0.25, 0.3) is 0 Å². The van der Waals surface area contributed by atoms with Gasteiger partial charge < -0.3 is 15.3 Å². The summed E-state index contributed by atoms with van der Waals surface area (Å²) in [5.74, 6) is 1.18. The van der Waals surface area contributed by atoms with E-state index < -0.39 is 6.10 Å². The number of nitrogens with zero attached hydrogens (tertiary/aromatic N) is 2. The normalized spacial score (nSPS) is 27.9. The second-order valence-electron chi connectivity index (χ2n) is 5.38. The van der Waals surface area contributed by atoms with Crippen LogP contribution >= 0.6 is 0 Å². The predicted octanol–water partition coefficient (Wildman–Crippen LogP) is 0.850. The van der Waals surface area contributed by atoms with Gasteiger partial charge in [-0.2, -0.15) is 0 Å². The van der Waals surface area contributed by atoms with Gasteiger partial charge in [0, 0.05) is 19.3 Å². The number of pyridine rings is 1. The Bertz CT molecular complexity index is 472. The van der Waals surface area contributed by atoms with E-state index in [1.54, 1.807) is 13.1 Å². The highest BCUT2D eigenvalue weighted by atomic mass is 16.3. The summed E-state index contributed by atoms with van der Waals surface area (Å²) in [4.78, 5) is 18.4. The molecule has 0 aromatic carbocycles. The average molecular weight is 261 g/mol. The van der Waals surface area contributed by atoms with E-state index in [4.69, 9.17) is 0 Å². The quantitative estimate of drug-likeness (QED) is 0.828. The lowest BCUT2D eigenvalue weighted by Crippen LogP contribution is -2.46. The minimum absolute atomic E-state index is 0.104. The summed E-state index contributed by atoms with van der Waals surface area (Å²) in [6, 6.07) is 4.07. The number of fused-ring (bicyclic) bond motifs is 1. The average Bonchev–Trinajstić information content (AvgIpc) is 2.81. The number of piperidine rings is 1. The van der Waals surface area contributed by atoms with E-state index in [-0.39, 0.29) is 17.9 Å². The Morgan fingerprint density at radius 3 is 3.05 bits per heavy atom. The van der Waals surface area contributed by atoms with E-state index in [9.17, 15) is 9.90 Å². The molecule has 1 aromatic rings. The highest BCUT2D eigenvalue weighted by Crippen LogP contribution is 2.30. The SMILES string of the molecule is C[C@@H](O)c1ccc(N2CCCC3C(=O)NCC32)nc1. The lowest BCUT2D eigenvalue weighted by molar-refractivity contribution is -0.122. The number of aliphatic hydroxyl groups excluding tert-OH is 1. The molecule has 2 N–H and O–H groups in total. The van der Waals surface area contributed by atoms with Crippen LogP contribution in [0.4, 0.5) is 5.82 Å². The molecule has 3 heterocycles. The summed E-state index contributed by atoms with van der Waals surface area (Å²) >= 11 is 0. The fourth-order valence-electron chi connectivity index (χ4n) is 3.05. The number of aromatic nitrogens is 1. The monoisotopic (exact) mass is 261 g/mol. The number of hydrogen-bond acceptors (Lipinski definition) is 4. The molecule has 19 heavy (non-hydrogen) atoms. The third-order valence-corrected chi connectivity index (χ3v) is 4.15. The zero-order valence-corrected chi connectivity index (χ0v) is 11.0. The Kier molecular flexibility index (Phi) is 3.14. The summed E-state index contributed by atoms with van der Waals surface area (Å²) in [5.41, 5.74) is 0.818. The van der Waals surface area contributed by atoms with Gasteiger partial charge in [-0.3, -0.25) is 4.79 Å². The first-order valence-corrected chi connectivity index (χ1v) is 6.85. The molecule has 0 saturated carbocycles. The highest BCUT2D eigenvalue weighted by Gasteiger charge is 2.41. The van der Waals surface area contributed by atoms with Gasteiger partial charge in [0.15, 0.2) is 0 Å². The molecule has 0 spiro atoms. The van der Waals surface area contributed by atoms with Crippen LogP contribution in [0.1, 0.15) is 31.4 Å². The second kappa shape index (κ2) is 4.81. The molecule has 1 aromatic heterocycles. The molecule has 2 aliphatic heterocycles. The molecule has 1 amide bonds. The third kappa shape index (κ3) is 2.18. The third-order valence-electron chi connectivity index (χ3n) is 4.15. The standard InChI is InChI=1S/C14H19N3O2/c1-9(18)10-4-5-13(15-7-10)17-6-2-3-11-12(17)8-16-14(11)19/h4-5,7,9,11-12,18H,2-3,6,8H2,1H3,(H,16,19)/t9-,11?,12?/m1/s1. The molecular weight excluding hydrogens is 242 g/mol. The van der Waals surface area contributed by atoms with Gasteiger partial charge >= 0.3 is 0 Å². The Balaban J connectivity index is 1.83. The first-order valence-electron chi connectivity index (χ1n) is 6.85. The molecule has 2 fully saturated rings. The van der Waals surface area contributed by atoms with E-state index >= 15 is 0 Å². The first-order chi connectivity index (χ1) is 9.16. The van der Waals surface area contributed by atoms with Crippen LogP contribution in [0.5, 0.6) is 0 Å². The minimum atomic E-state index is -0.495. The fraction of sp³-hybridized carbons (Fsp3) is 0.571. The van der Waals surface area contributed by atoms with Gasteiger partial charge in [0.2, 0.25) is 5.91 Å². The van der Waals surface area contributed by atoms with Crippen LogP contribution in [0, 0.1) is 5.92 Å². The van der Waals surface area contributed by atoms with E-state index in [1.165, 1.54) is 0 Å². The summed E-state index contributed by atoms with van der Waals surface area (Å²) in [6.45, 7) is 3.38. The van der Waals surface area contributed by atoms with Crippen LogP contribution in [0.2, 0.25) is 0 Å². The molecule has 102 valence electrons. The molecular formula is C14H19N3O2. The van der Waals surface area contributed by atoms with E-state index in [0.29, 0.717) is 6.54 Å². The number of rotatable bonds is 2. The van der Waals surface area contributed by atoms with Crippen molar-refractivity contribution in [2.75, 3.05) is 18.0 Å². The Labute approximate surface area is 112 Å². The van der Waals surface area contributed by atoms with Crippen LogP contribution in [-0.4, -0.2) is 35.1 Å². The van der Waals surface area contributed by atoms with Gasteiger partial charge in [-0.05, 0) is 31.4 Å². The zero-order chi connectivity index (χ0) is 13.4. The molecule has 3 rings (SSSR count). The van der Waals surface area contributed by atoms with Crippen LogP contribution in [0.3, 0.4) is 0 Å². The zero-order valence-electron chi connectivity index (χ0n) is 11.0. The van der Waals surface area contributed by atoms with Crippen molar-refractivity contribution in [1.82, 2.24) is 10.3 Å². The topological polar surface area (TPSA) is 65.5 Å². The maximum absolute atomic E-state index is 11.7. The number of nitrogens with one attached hydrogen (secondary N) is 1. The van der Waals surface area contributed by atoms with Gasteiger partial charge in [0.05, 0.1) is 18.1 Å². The molecule has 0 bridgehead atoms. The van der Waals surface area contributed by atoms with Gasteiger partial charge in [-0.1, -0.05) is 6.07 Å². The van der Waals surface area contributed by atoms with Gasteiger partial charge in [-0.25, -0.2) is 4.98 Å². The summed E-state index contributed by atoms with van der Waals surface area (Å²) in [5, 5.41) is 12.4. The lowest BCUT2D eigenvalue weighted by Gasteiger charge is -2.36. The molecule has 2 aliphatic rings. The van der Waals surface area contributed by atoms with Crippen molar-refractivity contribution in [3.63, 3.8) is 0 Å². The second-order valence-corrected chi connectivity index (χ2v) is 5.38. The molecule has 0 aliphatic carbocycles. The van der Waals surface area contributed by atoms with Crippen molar-refractivity contribution in [2.45, 2.75) is 31.9 Å². The van der Waals surface area contributed by atoms with Crippen molar-refractivity contribution in [3.8, 4) is 0 Å². The van der Waals surface area contributed by atoms with Crippen LogP contribution in [-0.2, 0) is 4.79 Å². The largest absolute Gasteiger partial charge is 0.389 e. The Hall–Kier alpha value is -1.62. The van der Waals surface area contributed by atoms with Crippen molar-refractivity contribution in [1.29, 1.82) is 0 Å². The maximum atomic E-state index is 11.7. The van der Waals surface area contributed by atoms with Gasteiger partial charge in [0.1, 0.15) is 5.82 Å². The summed E-state index contributed by atoms with van der Waals surface area (Å²) in [7, 11) is 0. The van der Waals surface area contributed by atoms with Crippen molar-refractivity contribution in [2.24, 2.45) is 5.92 Å². The molecule has 2 unspecified atom stereocenters. The van der Waals surface area contributed by atoms with Crippen molar-refractivity contribution >= 4 is 11.7 Å². The highest BCUT2D eigenvalue weighted by molar-refractivity contribution is 5.83. The Morgan fingerprint density at radius 1 is 1.53 bits per heavy atom. The molecule has 5 nitrogen and oxygen atoms in total. The molecule has 3 atom stereocenters. The van der Waals surface area contributed by atoms with E-state index in [2.05, 4.69) is 15.2 Å². The number of anilines is 1. The Morgan fingerprint density at radius 2 is 2.37 bits per heavy atom. The molecule has 0 radical (unpaired) electrons. The van der Waals surface area contributed by atoms with Crippen molar-refractivity contribution in [3.05, 3.63) is 23.9 Å². The van der Waals surface area contributed by atoms with Crippen molar-refractivity contribution < 1.29 is 9.90 Å². The smallest absolute Gasteiger partial charge is 0.225 e. The van der Waals surface area contributed by atoms with E-state index in [0.717, 1.165) is 30.8 Å². The fourth-order valence-corrected chi connectivity index (χ4v) is 3.05. The number of carbonyl (C=O) groups excluding carboxylic acids is 1. The number of carbonyl (C=O) groups is 1. The molecule has 2 saturated heterocycles. The lowest BCUT2D eigenvalue weighted by atomic mass is 9.91. The first kappa shape index (κ1) is 12.4. The number of amides is 1. The summed E-state index contributed by atoms with van der Waals surface area (Å²) in [6.07, 6.45) is 3.21. The number of aliphatic hydroxyl groups is 1. The van der Waals surface area contributed by atoms with Crippen LogP contribution < -0.4 is 10.2 Å². The van der Waals surface area contributed by atoms with Crippen LogP contribution in [0.15, 0.2) is 18.3 Å². The summed E-state index contributed by atoms with van der Waals surface area (Å²) < 4.78 is 0. The van der Waals surface area contributed by atoms with Gasteiger partial charge in [-0.15, -0.1) is 0 Å². The maximum Gasteiger partial charge on any atom is 0.225 e. The predicted molar refractivity (Wildman–Crippen MR) is 71.7 cm³/mol. The molecule has 5 heteroatoms. The minimum Gasteiger partial charge on any atom is -0.389 e. The van der Waals surface area contributed by atoms with Crippen LogP contribution in [0.25, 0.3) is 0 Å². The van der Waals surface area contributed by atoms with E-state index in [1.807, 2.05) is 12.1 Å².